The SMILES string of the molecule is C[Si]C.Cc1cc(C)cc(-c2ccc(-c3cc(C)cc(C)c3)c3[cH-]c(CC4CCCCCC4)cc23)c1.Cc1cc(C)cc(-c2ccc(-c3cc(C)cc(C)c3)c3[cH-]c(CC4CCCCCC4)cc23)c1.[Cl][Zr+2][Cl]. The molecule has 0 unspecified atom stereocenters. The van der Waals surface area contributed by atoms with Gasteiger partial charge in [0, 0.05) is 9.52 Å². The van der Waals surface area contributed by atoms with Crippen molar-refractivity contribution < 1.29 is 20.8 Å². The van der Waals surface area contributed by atoms with Gasteiger partial charge < -0.3 is 0 Å². The molecule has 2 saturated carbocycles. The summed E-state index contributed by atoms with van der Waals surface area (Å²) in [6.07, 6.45) is 19.4. The van der Waals surface area contributed by atoms with E-state index in [1.165, 1.54) is 212 Å². The van der Waals surface area contributed by atoms with E-state index < -0.39 is 20.8 Å². The molecular weight excluding hydrogens is 1010 g/mol. The first-order chi connectivity index (χ1) is 34.7. The van der Waals surface area contributed by atoms with E-state index in [9.17, 15) is 0 Å². The number of fused-ring (bicyclic) bond motifs is 2. The molecule has 72 heavy (non-hydrogen) atoms. The van der Waals surface area contributed by atoms with Gasteiger partial charge in [-0.1, -0.05) is 265 Å². The predicted octanol–water partition coefficient (Wildman–Crippen LogP) is 21.4. The molecule has 0 aromatic heterocycles. The van der Waals surface area contributed by atoms with Gasteiger partial charge in [0.15, 0.2) is 0 Å². The first kappa shape index (κ1) is 56.0. The van der Waals surface area contributed by atoms with Gasteiger partial charge in [-0.3, -0.25) is 0 Å². The zero-order chi connectivity index (χ0) is 51.3. The van der Waals surface area contributed by atoms with Crippen molar-refractivity contribution in [2.24, 2.45) is 11.8 Å². The molecular formula is C68H80Cl2SiZr. The Morgan fingerprint density at radius 2 is 0.625 bits per heavy atom. The molecule has 8 aromatic rings. The van der Waals surface area contributed by atoms with Gasteiger partial charge in [0.05, 0.1) is 0 Å². The molecule has 10 rings (SSSR count). The van der Waals surface area contributed by atoms with Crippen LogP contribution in [-0.2, 0) is 33.7 Å². The normalized spacial score (nSPS) is 14.3. The van der Waals surface area contributed by atoms with Gasteiger partial charge in [-0.2, -0.15) is 12.1 Å². The van der Waals surface area contributed by atoms with Crippen LogP contribution in [0.4, 0.5) is 0 Å². The van der Waals surface area contributed by atoms with Crippen LogP contribution >= 0.6 is 17.0 Å². The van der Waals surface area contributed by atoms with Gasteiger partial charge in [0.2, 0.25) is 0 Å². The Bertz CT molecular complexity index is 2560. The fourth-order valence-corrected chi connectivity index (χ4v) is 12.3. The number of rotatable bonds is 8. The molecule has 2 aliphatic rings. The third-order valence-electron chi connectivity index (χ3n) is 15.0. The van der Waals surface area contributed by atoms with E-state index in [1.54, 1.807) is 0 Å². The summed E-state index contributed by atoms with van der Waals surface area (Å²) < 4.78 is 0. The van der Waals surface area contributed by atoms with E-state index >= 15 is 0 Å². The average Bonchev–Trinajstić information content (AvgIpc) is 3.71. The van der Waals surface area contributed by atoms with Crippen LogP contribution in [0.15, 0.2) is 121 Å². The molecule has 0 bridgehead atoms. The van der Waals surface area contributed by atoms with Crippen molar-refractivity contribution >= 4 is 48.1 Å². The molecule has 0 atom stereocenters. The third-order valence-corrected chi connectivity index (χ3v) is 15.0. The van der Waals surface area contributed by atoms with Gasteiger partial charge in [0.25, 0.3) is 0 Å². The van der Waals surface area contributed by atoms with Crippen molar-refractivity contribution in [3.05, 3.63) is 177 Å². The van der Waals surface area contributed by atoms with Gasteiger partial charge in [-0.25, -0.2) is 0 Å². The summed E-state index contributed by atoms with van der Waals surface area (Å²) in [7, 11) is 11.0. The van der Waals surface area contributed by atoms with Crippen LogP contribution < -0.4 is 0 Å². The van der Waals surface area contributed by atoms with Crippen molar-refractivity contribution in [2.45, 2.75) is 158 Å². The Morgan fingerprint density at radius 3 is 0.889 bits per heavy atom. The Hall–Kier alpha value is -3.78. The Kier molecular flexibility index (Phi) is 21.1. The molecule has 0 saturated heterocycles. The van der Waals surface area contributed by atoms with Crippen molar-refractivity contribution in [3.63, 3.8) is 0 Å². The second kappa shape index (κ2) is 27.1. The molecule has 0 amide bonds. The fraction of sp³-hybridized carbons (Fsp3) is 0.382. The number of hydrogen-bond acceptors (Lipinski definition) is 0. The Balaban J connectivity index is 0.000000191. The maximum atomic E-state index is 4.93. The molecule has 0 nitrogen and oxygen atoms in total. The molecule has 2 aliphatic carbocycles. The number of hydrogen-bond donors (Lipinski definition) is 0. The predicted molar refractivity (Wildman–Crippen MR) is 318 cm³/mol. The summed E-state index contributed by atoms with van der Waals surface area (Å²) in [6.45, 7) is 22.0. The van der Waals surface area contributed by atoms with Crippen LogP contribution in [0.1, 0.15) is 133 Å². The number of aryl methyl sites for hydroxylation is 8. The molecule has 0 heterocycles. The van der Waals surface area contributed by atoms with Crippen LogP contribution in [0.5, 0.6) is 0 Å². The summed E-state index contributed by atoms with van der Waals surface area (Å²) >= 11 is -0.826. The van der Waals surface area contributed by atoms with Crippen molar-refractivity contribution in [1.82, 2.24) is 0 Å². The Labute approximate surface area is 457 Å². The molecule has 4 heteroatoms. The summed E-state index contributed by atoms with van der Waals surface area (Å²) in [5.74, 6) is 1.69. The van der Waals surface area contributed by atoms with Crippen LogP contribution in [0.25, 0.3) is 66.1 Å². The van der Waals surface area contributed by atoms with Gasteiger partial charge in [-0.05, 0) is 91.2 Å². The first-order valence-corrected chi connectivity index (χ1v) is 35.4. The molecule has 0 spiro atoms. The summed E-state index contributed by atoms with van der Waals surface area (Å²) in [5.41, 5.74) is 24.6. The minimum atomic E-state index is -0.826. The number of benzene rings is 6. The molecule has 8 aromatic carbocycles. The molecule has 374 valence electrons. The van der Waals surface area contributed by atoms with Crippen molar-refractivity contribution in [3.8, 4) is 44.5 Å². The average molecular weight is 1090 g/mol. The van der Waals surface area contributed by atoms with E-state index in [0.717, 1.165) is 21.4 Å². The second-order valence-electron chi connectivity index (χ2n) is 21.9. The Morgan fingerprint density at radius 1 is 0.389 bits per heavy atom. The van der Waals surface area contributed by atoms with Gasteiger partial charge in [0.1, 0.15) is 0 Å². The topological polar surface area (TPSA) is 0 Å². The van der Waals surface area contributed by atoms with E-state index in [0.29, 0.717) is 0 Å². The van der Waals surface area contributed by atoms with E-state index in [1.807, 2.05) is 0 Å². The van der Waals surface area contributed by atoms with E-state index in [2.05, 4.69) is 190 Å². The first-order valence-electron chi connectivity index (χ1n) is 27.1. The van der Waals surface area contributed by atoms with Crippen LogP contribution in [0.3, 0.4) is 0 Å². The zero-order valence-electron chi connectivity index (χ0n) is 45.4. The van der Waals surface area contributed by atoms with Crippen LogP contribution in [-0.4, -0.2) is 9.52 Å². The van der Waals surface area contributed by atoms with Crippen LogP contribution in [0, 0.1) is 67.2 Å². The standard InChI is InChI=1S/2C33H37.C2H6Si.2ClH.Zr/c2*1-22-13-23(2)16-28(15-22)30-11-12-31(29-17-24(3)14-25(4)18-29)33-21-27(20-32(30)33)19-26-9-7-5-6-8-10-26;1-3-2;;;/h2*11-18,20-21,26H,5-10,19H2,1-4H3;1-2H3;2*1H;/q2*-1;;;;+4/p-2. The van der Waals surface area contributed by atoms with Crippen molar-refractivity contribution in [1.29, 1.82) is 0 Å². The van der Waals surface area contributed by atoms with Crippen molar-refractivity contribution in [2.75, 3.05) is 0 Å². The number of halogens is 2. The van der Waals surface area contributed by atoms with Gasteiger partial charge >= 0.3 is 37.9 Å². The zero-order valence-corrected chi connectivity index (χ0v) is 50.3. The van der Waals surface area contributed by atoms with E-state index in [4.69, 9.17) is 17.0 Å². The van der Waals surface area contributed by atoms with E-state index in [-0.39, 0.29) is 0 Å². The summed E-state index contributed by atoms with van der Waals surface area (Å²) in [5, 5.41) is 5.67. The fourth-order valence-electron chi connectivity index (χ4n) is 12.3. The monoisotopic (exact) mass is 1080 g/mol. The molecule has 0 N–H and O–H groups in total. The summed E-state index contributed by atoms with van der Waals surface area (Å²) in [6, 6.07) is 47.3. The summed E-state index contributed by atoms with van der Waals surface area (Å²) in [4.78, 5) is 0. The minimum absolute atomic E-state index is 0.826. The maximum absolute atomic E-state index is 4.93. The van der Waals surface area contributed by atoms with Crippen LogP contribution in [0.2, 0.25) is 13.1 Å². The molecule has 2 radical (unpaired) electrons. The quantitative estimate of drug-likeness (QED) is 0.0808. The molecule has 0 aliphatic heterocycles. The second-order valence-corrected chi connectivity index (χ2v) is 26.6. The molecule has 2 fully saturated rings. The third kappa shape index (κ3) is 15.2. The van der Waals surface area contributed by atoms with Gasteiger partial charge in [-0.15, -0.1) is 44.8 Å².